The zero-order chi connectivity index (χ0) is 19.8. The average Bonchev–Trinajstić information content (AvgIpc) is 3.26. The monoisotopic (exact) mass is 383 g/mol. The molecule has 0 spiro atoms. The molecule has 6 heteroatoms. The van der Waals surface area contributed by atoms with E-state index in [4.69, 9.17) is 4.74 Å². The van der Waals surface area contributed by atoms with Crippen LogP contribution in [0.3, 0.4) is 0 Å². The number of fused-ring (bicyclic) bond motifs is 1. The summed E-state index contributed by atoms with van der Waals surface area (Å²) < 4.78 is 6.32. The summed E-state index contributed by atoms with van der Waals surface area (Å²) in [6, 6.07) is 5.74. The summed E-state index contributed by atoms with van der Waals surface area (Å²) in [6.07, 6.45) is 4.92. The van der Waals surface area contributed by atoms with E-state index in [0.717, 1.165) is 36.4 Å². The highest BCUT2D eigenvalue weighted by atomic mass is 16.5. The minimum atomic E-state index is -0.424. The van der Waals surface area contributed by atoms with Gasteiger partial charge in [0, 0.05) is 23.8 Å². The van der Waals surface area contributed by atoms with Crippen LogP contribution < -0.4 is 10.1 Å². The molecule has 1 N–H and O–H groups in total. The van der Waals surface area contributed by atoms with Crippen molar-refractivity contribution in [2.75, 3.05) is 13.6 Å². The van der Waals surface area contributed by atoms with Crippen LogP contribution in [-0.4, -0.2) is 53.4 Å². The molecule has 0 aromatic heterocycles. The molecule has 3 aliphatic rings. The second-order valence-electron chi connectivity index (χ2n) is 8.13. The third kappa shape index (κ3) is 3.41. The fraction of sp³-hybridized carbons (Fsp3) is 0.545. The summed E-state index contributed by atoms with van der Waals surface area (Å²) in [6.45, 7) is 7.45. The van der Waals surface area contributed by atoms with E-state index in [-0.39, 0.29) is 17.9 Å². The van der Waals surface area contributed by atoms with Crippen molar-refractivity contribution >= 4 is 11.8 Å². The molecular formula is C22H29N3O3. The third-order valence-corrected chi connectivity index (χ3v) is 6.38. The highest BCUT2D eigenvalue weighted by molar-refractivity contribution is 6.01. The fourth-order valence-corrected chi connectivity index (χ4v) is 4.66. The number of allylic oxidation sites excluding steroid dienone is 1. The Kier molecular flexibility index (Phi) is 5.15. The van der Waals surface area contributed by atoms with Crippen LogP contribution in [0.2, 0.25) is 0 Å². The third-order valence-electron chi connectivity index (χ3n) is 6.38. The predicted octanol–water partition coefficient (Wildman–Crippen LogP) is 2.69. The summed E-state index contributed by atoms with van der Waals surface area (Å²) >= 11 is 0. The number of nitrogens with one attached hydrogen (secondary N) is 1. The molecule has 2 amide bonds. The number of carbonyl (C=O) groups is 2. The Morgan fingerprint density at radius 2 is 2.11 bits per heavy atom. The first-order chi connectivity index (χ1) is 13.5. The van der Waals surface area contributed by atoms with E-state index in [9.17, 15) is 9.59 Å². The Morgan fingerprint density at radius 3 is 2.86 bits per heavy atom. The van der Waals surface area contributed by atoms with E-state index in [0.29, 0.717) is 31.0 Å². The number of amides is 2. The van der Waals surface area contributed by atoms with Gasteiger partial charge < -0.3 is 19.9 Å². The Hall–Kier alpha value is -2.34. The largest absolute Gasteiger partial charge is 0.489 e. The van der Waals surface area contributed by atoms with Crippen molar-refractivity contribution in [3.05, 3.63) is 41.6 Å². The lowest BCUT2D eigenvalue weighted by molar-refractivity contribution is -0.126. The van der Waals surface area contributed by atoms with Crippen LogP contribution in [0, 0.1) is 0 Å². The summed E-state index contributed by atoms with van der Waals surface area (Å²) in [5, 5.41) is 2.78. The number of nitrogens with zero attached hydrogens (tertiary/aromatic N) is 2. The van der Waals surface area contributed by atoms with Crippen LogP contribution in [0.15, 0.2) is 30.5 Å². The Labute approximate surface area is 166 Å². The molecule has 0 radical (unpaired) electrons. The molecule has 1 saturated carbocycles. The molecule has 1 saturated heterocycles. The zero-order valence-corrected chi connectivity index (χ0v) is 16.7. The van der Waals surface area contributed by atoms with Gasteiger partial charge >= 0.3 is 0 Å². The standard InChI is InChI=1S/C22H29N3O3/c1-4-24(3)18-6-5-7-20(18)28-16-9-10-17-15(12-16)13-25(22(17)27)19-11-8-14(2)23-21(19)26/h9-10,12,18-20H,2,4-8,11,13H2,1,3H3,(H,23,26)/t18-,19?,20+/m0/s1. The maximum atomic E-state index is 12.8. The minimum absolute atomic E-state index is 0.0707. The lowest BCUT2D eigenvalue weighted by Gasteiger charge is -2.30. The van der Waals surface area contributed by atoms with Crippen molar-refractivity contribution in [3.8, 4) is 5.75 Å². The average molecular weight is 383 g/mol. The van der Waals surface area contributed by atoms with Gasteiger partial charge in [0.25, 0.3) is 5.91 Å². The SMILES string of the molecule is C=C1CCC(N2Cc3cc(O[C@@H]4CCC[C@@H]4N(C)CC)ccc3C2=O)C(=O)N1. The first-order valence-electron chi connectivity index (χ1n) is 10.3. The summed E-state index contributed by atoms with van der Waals surface area (Å²) in [5.74, 6) is 0.611. The molecule has 3 atom stereocenters. The molecule has 1 unspecified atom stereocenters. The van der Waals surface area contributed by atoms with Crippen LogP contribution in [0.25, 0.3) is 0 Å². The van der Waals surface area contributed by atoms with Crippen molar-refractivity contribution in [3.63, 3.8) is 0 Å². The normalized spacial score (nSPS) is 27.3. The summed E-state index contributed by atoms with van der Waals surface area (Å²) in [5.41, 5.74) is 2.35. The van der Waals surface area contributed by atoms with Crippen LogP contribution in [-0.2, 0) is 11.3 Å². The molecule has 2 heterocycles. The second kappa shape index (κ2) is 7.59. The van der Waals surface area contributed by atoms with E-state index in [1.54, 1.807) is 4.90 Å². The van der Waals surface area contributed by atoms with E-state index in [1.165, 1.54) is 6.42 Å². The van der Waals surface area contributed by atoms with E-state index < -0.39 is 6.04 Å². The van der Waals surface area contributed by atoms with Crippen molar-refractivity contribution in [1.29, 1.82) is 0 Å². The summed E-state index contributed by atoms with van der Waals surface area (Å²) in [4.78, 5) is 29.2. The van der Waals surface area contributed by atoms with Crippen LogP contribution in [0.4, 0.5) is 0 Å². The quantitative estimate of drug-likeness (QED) is 0.849. The minimum Gasteiger partial charge on any atom is -0.489 e. The van der Waals surface area contributed by atoms with Crippen molar-refractivity contribution in [2.45, 2.75) is 63.8 Å². The Morgan fingerprint density at radius 1 is 1.29 bits per heavy atom. The number of hydrogen-bond donors (Lipinski definition) is 1. The lowest BCUT2D eigenvalue weighted by Crippen LogP contribution is -2.49. The predicted molar refractivity (Wildman–Crippen MR) is 107 cm³/mol. The van der Waals surface area contributed by atoms with Crippen molar-refractivity contribution in [2.24, 2.45) is 0 Å². The zero-order valence-electron chi connectivity index (χ0n) is 16.7. The number of hydrogen-bond acceptors (Lipinski definition) is 4. The fourth-order valence-electron chi connectivity index (χ4n) is 4.66. The van der Waals surface area contributed by atoms with Gasteiger partial charge in [-0.2, -0.15) is 0 Å². The van der Waals surface area contributed by atoms with Crippen LogP contribution in [0.5, 0.6) is 5.75 Å². The van der Waals surface area contributed by atoms with E-state index in [1.807, 2.05) is 18.2 Å². The molecule has 2 fully saturated rings. The van der Waals surface area contributed by atoms with Crippen LogP contribution >= 0.6 is 0 Å². The molecule has 1 aromatic rings. The number of rotatable bonds is 5. The van der Waals surface area contributed by atoms with Gasteiger partial charge in [0.1, 0.15) is 17.9 Å². The first kappa shape index (κ1) is 19.0. The van der Waals surface area contributed by atoms with E-state index in [2.05, 4.69) is 30.8 Å². The molecule has 1 aromatic carbocycles. The van der Waals surface area contributed by atoms with Gasteiger partial charge in [0.15, 0.2) is 0 Å². The number of piperidine rings is 1. The number of carbonyl (C=O) groups excluding carboxylic acids is 2. The molecule has 0 bridgehead atoms. The van der Waals surface area contributed by atoms with Gasteiger partial charge in [-0.15, -0.1) is 0 Å². The topological polar surface area (TPSA) is 61.9 Å². The van der Waals surface area contributed by atoms with Gasteiger partial charge in [-0.25, -0.2) is 0 Å². The smallest absolute Gasteiger partial charge is 0.255 e. The first-order valence-corrected chi connectivity index (χ1v) is 10.3. The van der Waals surface area contributed by atoms with Gasteiger partial charge in [-0.3, -0.25) is 9.59 Å². The van der Waals surface area contributed by atoms with Crippen LogP contribution in [0.1, 0.15) is 54.9 Å². The molecule has 1 aliphatic carbocycles. The maximum absolute atomic E-state index is 12.8. The molecule has 2 aliphatic heterocycles. The number of ether oxygens (including phenoxy) is 1. The van der Waals surface area contributed by atoms with Crippen molar-refractivity contribution < 1.29 is 14.3 Å². The Balaban J connectivity index is 1.48. The van der Waals surface area contributed by atoms with E-state index >= 15 is 0 Å². The highest BCUT2D eigenvalue weighted by Crippen LogP contribution is 2.33. The highest BCUT2D eigenvalue weighted by Gasteiger charge is 2.38. The van der Waals surface area contributed by atoms with Gasteiger partial charge in [-0.05, 0) is 69.5 Å². The van der Waals surface area contributed by atoms with Gasteiger partial charge in [0.2, 0.25) is 5.91 Å². The van der Waals surface area contributed by atoms with Crippen molar-refractivity contribution in [1.82, 2.24) is 15.1 Å². The number of benzene rings is 1. The maximum Gasteiger partial charge on any atom is 0.255 e. The van der Waals surface area contributed by atoms with Gasteiger partial charge in [-0.1, -0.05) is 13.5 Å². The number of likely N-dealkylation sites (N-methyl/N-ethyl adjacent to an activating group) is 1. The van der Waals surface area contributed by atoms with Gasteiger partial charge in [0.05, 0.1) is 0 Å². The Bertz CT molecular complexity index is 806. The molecule has 28 heavy (non-hydrogen) atoms. The molecule has 6 nitrogen and oxygen atoms in total. The molecule has 4 rings (SSSR count). The molecule has 150 valence electrons. The lowest BCUT2D eigenvalue weighted by atomic mass is 10.0. The molecular weight excluding hydrogens is 354 g/mol. The summed E-state index contributed by atoms with van der Waals surface area (Å²) in [7, 11) is 2.15. The second-order valence-corrected chi connectivity index (χ2v) is 8.13.